The minimum absolute atomic E-state index is 0.0566. The van der Waals surface area contributed by atoms with E-state index in [1.54, 1.807) is 31.4 Å². The van der Waals surface area contributed by atoms with E-state index in [0.29, 0.717) is 30.4 Å². The largest absolute Gasteiger partial charge is 0.491 e. The maximum atomic E-state index is 12.6. The normalized spacial score (nSPS) is 14.2. The molecular formula is C24H31N3O4. The molecule has 2 amide bonds. The highest BCUT2D eigenvalue weighted by Gasteiger charge is 2.21. The standard InChI is InChI=1S/C24H31N3O4/c1-18-11-13-27(14-12-18)24(29)19-3-5-21(6-4-19)26-23(28)17-25-20-7-9-22(10-8-20)31-16-15-30-2/h3-10,18,25H,11-17H2,1-2H3,(H,26,28). The Balaban J connectivity index is 1.43. The Labute approximate surface area is 183 Å². The number of piperidine rings is 1. The molecular weight excluding hydrogens is 394 g/mol. The average Bonchev–Trinajstić information content (AvgIpc) is 2.79. The molecule has 2 N–H and O–H groups in total. The summed E-state index contributed by atoms with van der Waals surface area (Å²) in [4.78, 5) is 26.8. The van der Waals surface area contributed by atoms with Crippen molar-refractivity contribution in [3.05, 3.63) is 54.1 Å². The number of nitrogens with zero attached hydrogens (tertiary/aromatic N) is 1. The third kappa shape index (κ3) is 7.00. The number of anilines is 2. The predicted octanol–water partition coefficient (Wildman–Crippen LogP) is 3.63. The maximum absolute atomic E-state index is 12.6. The Morgan fingerprint density at radius 2 is 1.61 bits per heavy atom. The molecule has 166 valence electrons. The number of hydrogen-bond donors (Lipinski definition) is 2. The Morgan fingerprint density at radius 1 is 0.968 bits per heavy atom. The van der Waals surface area contributed by atoms with Crippen molar-refractivity contribution in [2.24, 2.45) is 5.92 Å². The van der Waals surface area contributed by atoms with Crippen LogP contribution in [0.1, 0.15) is 30.1 Å². The molecule has 0 spiro atoms. The number of amides is 2. The van der Waals surface area contributed by atoms with Crippen LogP contribution in [0, 0.1) is 5.92 Å². The summed E-state index contributed by atoms with van der Waals surface area (Å²) in [5.41, 5.74) is 2.14. The monoisotopic (exact) mass is 425 g/mol. The Hall–Kier alpha value is -3.06. The molecule has 0 aliphatic carbocycles. The fraction of sp³-hybridized carbons (Fsp3) is 0.417. The fourth-order valence-electron chi connectivity index (χ4n) is 3.39. The SMILES string of the molecule is COCCOc1ccc(NCC(=O)Nc2ccc(C(=O)N3CCC(C)CC3)cc2)cc1. The predicted molar refractivity (Wildman–Crippen MR) is 122 cm³/mol. The van der Waals surface area contributed by atoms with E-state index in [9.17, 15) is 9.59 Å². The molecule has 1 aliphatic rings. The number of nitrogens with one attached hydrogen (secondary N) is 2. The van der Waals surface area contributed by atoms with Crippen LogP contribution in [0.4, 0.5) is 11.4 Å². The van der Waals surface area contributed by atoms with E-state index in [0.717, 1.165) is 37.4 Å². The van der Waals surface area contributed by atoms with Gasteiger partial charge in [0, 0.05) is 37.1 Å². The van der Waals surface area contributed by atoms with Crippen LogP contribution in [0.5, 0.6) is 5.75 Å². The first-order chi connectivity index (χ1) is 15.0. The summed E-state index contributed by atoms with van der Waals surface area (Å²) in [6.07, 6.45) is 2.10. The second-order valence-corrected chi connectivity index (χ2v) is 7.82. The van der Waals surface area contributed by atoms with Crippen LogP contribution in [-0.4, -0.2) is 56.7 Å². The number of carbonyl (C=O) groups excluding carboxylic acids is 2. The quantitative estimate of drug-likeness (QED) is 0.600. The minimum atomic E-state index is -0.162. The molecule has 3 rings (SSSR count). The summed E-state index contributed by atoms with van der Waals surface area (Å²) < 4.78 is 10.5. The van der Waals surface area contributed by atoms with Gasteiger partial charge in [0.2, 0.25) is 5.91 Å². The van der Waals surface area contributed by atoms with E-state index in [1.165, 1.54) is 0 Å². The second-order valence-electron chi connectivity index (χ2n) is 7.82. The van der Waals surface area contributed by atoms with E-state index in [-0.39, 0.29) is 18.4 Å². The molecule has 1 saturated heterocycles. The summed E-state index contributed by atoms with van der Waals surface area (Å²) in [5.74, 6) is 1.33. The first-order valence-electron chi connectivity index (χ1n) is 10.7. The molecule has 0 radical (unpaired) electrons. The average molecular weight is 426 g/mol. The van der Waals surface area contributed by atoms with Gasteiger partial charge in [0.25, 0.3) is 5.91 Å². The van der Waals surface area contributed by atoms with Crippen LogP contribution in [0.2, 0.25) is 0 Å². The van der Waals surface area contributed by atoms with Gasteiger partial charge >= 0.3 is 0 Å². The molecule has 0 saturated carbocycles. The van der Waals surface area contributed by atoms with E-state index in [1.807, 2.05) is 29.2 Å². The smallest absolute Gasteiger partial charge is 0.253 e. The van der Waals surface area contributed by atoms with E-state index in [2.05, 4.69) is 17.6 Å². The number of methoxy groups -OCH3 is 1. The van der Waals surface area contributed by atoms with Crippen LogP contribution in [-0.2, 0) is 9.53 Å². The van der Waals surface area contributed by atoms with Crippen molar-refractivity contribution < 1.29 is 19.1 Å². The van der Waals surface area contributed by atoms with Crippen molar-refractivity contribution in [1.82, 2.24) is 4.90 Å². The van der Waals surface area contributed by atoms with Crippen molar-refractivity contribution in [2.75, 3.05) is 50.6 Å². The van der Waals surface area contributed by atoms with E-state index >= 15 is 0 Å². The van der Waals surface area contributed by atoms with Crippen molar-refractivity contribution in [3.63, 3.8) is 0 Å². The lowest BCUT2D eigenvalue weighted by Gasteiger charge is -2.30. The maximum Gasteiger partial charge on any atom is 0.253 e. The second kappa shape index (κ2) is 11.4. The van der Waals surface area contributed by atoms with Crippen molar-refractivity contribution in [1.29, 1.82) is 0 Å². The first-order valence-corrected chi connectivity index (χ1v) is 10.7. The number of likely N-dealkylation sites (tertiary alicyclic amines) is 1. The lowest BCUT2D eigenvalue weighted by atomic mass is 9.98. The Bertz CT molecular complexity index is 844. The highest BCUT2D eigenvalue weighted by Crippen LogP contribution is 2.19. The zero-order chi connectivity index (χ0) is 22.1. The zero-order valence-corrected chi connectivity index (χ0v) is 18.2. The summed E-state index contributed by atoms with van der Waals surface area (Å²) in [5, 5.41) is 5.93. The molecule has 2 aromatic rings. The van der Waals surface area contributed by atoms with Crippen LogP contribution in [0.3, 0.4) is 0 Å². The number of hydrogen-bond acceptors (Lipinski definition) is 5. The van der Waals surface area contributed by atoms with Gasteiger partial charge in [-0.2, -0.15) is 0 Å². The lowest BCUT2D eigenvalue weighted by Crippen LogP contribution is -2.37. The molecule has 0 atom stereocenters. The van der Waals surface area contributed by atoms with Crippen LogP contribution < -0.4 is 15.4 Å². The highest BCUT2D eigenvalue weighted by atomic mass is 16.5. The number of rotatable bonds is 9. The molecule has 1 fully saturated rings. The molecule has 31 heavy (non-hydrogen) atoms. The molecule has 2 aromatic carbocycles. The van der Waals surface area contributed by atoms with Crippen molar-refractivity contribution in [3.8, 4) is 5.75 Å². The molecule has 1 heterocycles. The molecule has 0 aromatic heterocycles. The molecule has 7 heteroatoms. The lowest BCUT2D eigenvalue weighted by molar-refractivity contribution is -0.114. The third-order valence-electron chi connectivity index (χ3n) is 5.35. The van der Waals surface area contributed by atoms with Gasteiger partial charge in [-0.15, -0.1) is 0 Å². The van der Waals surface area contributed by atoms with Crippen LogP contribution in [0.25, 0.3) is 0 Å². The van der Waals surface area contributed by atoms with Gasteiger partial charge in [0.1, 0.15) is 12.4 Å². The molecule has 0 bridgehead atoms. The van der Waals surface area contributed by atoms with E-state index in [4.69, 9.17) is 9.47 Å². The molecule has 0 unspecified atom stereocenters. The van der Waals surface area contributed by atoms with Gasteiger partial charge in [-0.3, -0.25) is 9.59 Å². The number of carbonyl (C=O) groups is 2. The van der Waals surface area contributed by atoms with Gasteiger partial charge < -0.3 is 25.0 Å². The van der Waals surface area contributed by atoms with Gasteiger partial charge in [-0.25, -0.2) is 0 Å². The summed E-state index contributed by atoms with van der Waals surface area (Å²) >= 11 is 0. The van der Waals surface area contributed by atoms with Crippen LogP contribution in [0.15, 0.2) is 48.5 Å². The van der Waals surface area contributed by atoms with Gasteiger partial charge in [-0.1, -0.05) is 6.92 Å². The van der Waals surface area contributed by atoms with Crippen LogP contribution >= 0.6 is 0 Å². The highest BCUT2D eigenvalue weighted by molar-refractivity contribution is 5.96. The van der Waals surface area contributed by atoms with Gasteiger partial charge in [0.15, 0.2) is 0 Å². The van der Waals surface area contributed by atoms with Crippen molar-refractivity contribution >= 4 is 23.2 Å². The summed E-state index contributed by atoms with van der Waals surface area (Å²) in [6.45, 7) is 5.01. The summed E-state index contributed by atoms with van der Waals surface area (Å²) in [7, 11) is 1.63. The number of ether oxygens (including phenoxy) is 2. The third-order valence-corrected chi connectivity index (χ3v) is 5.35. The minimum Gasteiger partial charge on any atom is -0.491 e. The molecule has 1 aliphatic heterocycles. The van der Waals surface area contributed by atoms with Gasteiger partial charge in [0.05, 0.1) is 13.2 Å². The first kappa shape index (κ1) is 22.6. The van der Waals surface area contributed by atoms with Crippen molar-refractivity contribution in [2.45, 2.75) is 19.8 Å². The Kier molecular flexibility index (Phi) is 8.29. The Morgan fingerprint density at radius 3 is 2.26 bits per heavy atom. The summed E-state index contributed by atoms with van der Waals surface area (Å²) in [6, 6.07) is 14.5. The van der Waals surface area contributed by atoms with E-state index < -0.39 is 0 Å². The zero-order valence-electron chi connectivity index (χ0n) is 18.2. The molecule has 7 nitrogen and oxygen atoms in total. The number of benzene rings is 2. The van der Waals surface area contributed by atoms with Gasteiger partial charge in [-0.05, 0) is 67.3 Å². The fourth-order valence-corrected chi connectivity index (χ4v) is 3.39. The topological polar surface area (TPSA) is 79.9 Å².